The number of sulfonamides is 1. The van der Waals surface area contributed by atoms with Gasteiger partial charge in [0, 0.05) is 6.61 Å². The molecule has 0 aromatic heterocycles. The third-order valence-corrected chi connectivity index (χ3v) is 4.97. The molecule has 1 aliphatic rings. The summed E-state index contributed by atoms with van der Waals surface area (Å²) in [5.41, 5.74) is 0. The lowest BCUT2D eigenvalue weighted by Gasteiger charge is -2.20. The lowest BCUT2D eigenvalue weighted by molar-refractivity contribution is -0.121. The Morgan fingerprint density at radius 3 is 2.61 bits per heavy atom. The first-order valence-corrected chi connectivity index (χ1v) is 8.64. The van der Waals surface area contributed by atoms with Crippen molar-refractivity contribution >= 4 is 15.9 Å². The van der Waals surface area contributed by atoms with Gasteiger partial charge in [0.1, 0.15) is 11.6 Å². The molecule has 1 fully saturated rings. The second kappa shape index (κ2) is 7.33. The van der Waals surface area contributed by atoms with Gasteiger partial charge in [0.15, 0.2) is 4.90 Å². The normalized spacial score (nSPS) is 19.5. The fourth-order valence-corrected chi connectivity index (χ4v) is 3.48. The Morgan fingerprint density at radius 1 is 1.39 bits per heavy atom. The number of carbonyl (C=O) groups excluding carboxylic acids is 1. The van der Waals surface area contributed by atoms with E-state index in [-0.39, 0.29) is 12.1 Å². The van der Waals surface area contributed by atoms with Crippen molar-refractivity contribution in [2.75, 3.05) is 13.2 Å². The Hall–Kier alpha value is -1.58. The van der Waals surface area contributed by atoms with E-state index in [0.29, 0.717) is 6.61 Å². The van der Waals surface area contributed by atoms with Crippen LogP contribution in [-0.4, -0.2) is 39.6 Å². The lowest BCUT2D eigenvalue weighted by Crippen LogP contribution is -2.45. The molecule has 0 aliphatic carbocycles. The zero-order valence-electron chi connectivity index (χ0n) is 12.5. The van der Waals surface area contributed by atoms with E-state index in [4.69, 9.17) is 4.74 Å². The van der Waals surface area contributed by atoms with E-state index in [2.05, 4.69) is 5.32 Å². The van der Waals surface area contributed by atoms with E-state index in [1.165, 1.54) is 0 Å². The molecule has 1 aromatic rings. The van der Waals surface area contributed by atoms with E-state index in [0.717, 1.165) is 31.0 Å². The molecule has 1 saturated heterocycles. The number of rotatable bonds is 6. The molecule has 0 radical (unpaired) electrons. The minimum atomic E-state index is -4.46. The van der Waals surface area contributed by atoms with Crippen molar-refractivity contribution in [3.63, 3.8) is 0 Å². The topological polar surface area (TPSA) is 84.5 Å². The van der Waals surface area contributed by atoms with E-state index in [1.807, 2.05) is 4.72 Å². The van der Waals surface area contributed by atoms with Crippen LogP contribution in [0.5, 0.6) is 0 Å². The smallest absolute Gasteiger partial charge is 0.246 e. The number of amides is 1. The Labute approximate surface area is 133 Å². The highest BCUT2D eigenvalue weighted by Gasteiger charge is 2.26. The number of nitrogens with one attached hydrogen (secondary N) is 2. The molecular formula is C14H18F2N2O4S. The summed E-state index contributed by atoms with van der Waals surface area (Å²) in [6.45, 7) is 1.76. The van der Waals surface area contributed by atoms with Crippen LogP contribution in [0.25, 0.3) is 0 Å². The van der Waals surface area contributed by atoms with Gasteiger partial charge < -0.3 is 10.1 Å². The Balaban J connectivity index is 1.95. The van der Waals surface area contributed by atoms with Crippen molar-refractivity contribution < 1.29 is 26.7 Å². The summed E-state index contributed by atoms with van der Waals surface area (Å²) >= 11 is 0. The second-order valence-corrected chi connectivity index (χ2v) is 6.99. The van der Waals surface area contributed by atoms with Crippen molar-refractivity contribution in [2.45, 2.75) is 36.8 Å². The third kappa shape index (κ3) is 4.46. The van der Waals surface area contributed by atoms with Crippen molar-refractivity contribution in [2.24, 2.45) is 0 Å². The van der Waals surface area contributed by atoms with E-state index in [1.54, 1.807) is 6.92 Å². The summed E-state index contributed by atoms with van der Waals surface area (Å²) in [6, 6.07) is 2.44. The molecule has 1 aromatic carbocycles. The van der Waals surface area contributed by atoms with Gasteiger partial charge in [-0.1, -0.05) is 6.07 Å². The first-order valence-electron chi connectivity index (χ1n) is 7.16. The predicted molar refractivity (Wildman–Crippen MR) is 78.1 cm³/mol. The monoisotopic (exact) mass is 348 g/mol. The molecule has 9 heteroatoms. The average Bonchev–Trinajstić information content (AvgIpc) is 2.99. The fraction of sp³-hybridized carbons (Fsp3) is 0.500. The molecule has 6 nitrogen and oxygen atoms in total. The maximum Gasteiger partial charge on any atom is 0.246 e. The minimum Gasteiger partial charge on any atom is -0.376 e. The molecule has 0 bridgehead atoms. The lowest BCUT2D eigenvalue weighted by atomic mass is 10.1. The molecule has 23 heavy (non-hydrogen) atoms. The number of carbonyl (C=O) groups is 1. The quantitative estimate of drug-likeness (QED) is 0.801. The van der Waals surface area contributed by atoms with Crippen LogP contribution >= 0.6 is 0 Å². The standard InChI is InChI=1S/C14H18F2N2O4S/c1-9(12-6-3-7-22-12)18-13(19)8-17-23(20,21)14-10(15)4-2-5-11(14)16/h2,4-5,9,12,17H,3,6-8H2,1H3,(H,18,19)/t9-,12+/m1/s1. The molecule has 128 valence electrons. The second-order valence-electron chi connectivity index (χ2n) is 5.28. The van der Waals surface area contributed by atoms with Crippen LogP contribution < -0.4 is 10.0 Å². The average molecular weight is 348 g/mol. The van der Waals surface area contributed by atoms with Gasteiger partial charge in [-0.25, -0.2) is 21.9 Å². The maximum absolute atomic E-state index is 13.5. The van der Waals surface area contributed by atoms with Crippen molar-refractivity contribution in [1.29, 1.82) is 0 Å². The minimum absolute atomic E-state index is 0.112. The summed E-state index contributed by atoms with van der Waals surface area (Å²) < 4.78 is 58.2. The van der Waals surface area contributed by atoms with Gasteiger partial charge in [-0.3, -0.25) is 4.79 Å². The number of hydrogen-bond donors (Lipinski definition) is 2. The SMILES string of the molecule is C[C@@H](NC(=O)CNS(=O)(=O)c1c(F)cccc1F)[C@@H]1CCCO1. The van der Waals surface area contributed by atoms with Gasteiger partial charge in [0.05, 0.1) is 18.7 Å². The molecule has 2 N–H and O–H groups in total. The largest absolute Gasteiger partial charge is 0.376 e. The van der Waals surface area contributed by atoms with Crippen LogP contribution in [0.4, 0.5) is 8.78 Å². The Bertz CT molecular complexity index is 655. The van der Waals surface area contributed by atoms with Crippen molar-refractivity contribution in [3.8, 4) is 0 Å². The van der Waals surface area contributed by atoms with Crippen LogP contribution in [0.1, 0.15) is 19.8 Å². The highest BCUT2D eigenvalue weighted by atomic mass is 32.2. The molecule has 0 saturated carbocycles. The number of ether oxygens (including phenoxy) is 1. The van der Waals surface area contributed by atoms with Gasteiger partial charge in [0.25, 0.3) is 0 Å². The molecule has 1 heterocycles. The van der Waals surface area contributed by atoms with E-state index in [9.17, 15) is 22.0 Å². The van der Waals surface area contributed by atoms with E-state index < -0.39 is 39.0 Å². The molecule has 0 spiro atoms. The number of benzene rings is 1. The molecule has 1 amide bonds. The van der Waals surface area contributed by atoms with Crippen LogP contribution in [0, 0.1) is 11.6 Å². The first kappa shape index (κ1) is 17.8. The maximum atomic E-state index is 13.5. The third-order valence-electron chi connectivity index (χ3n) is 3.52. The molecule has 1 aliphatic heterocycles. The van der Waals surface area contributed by atoms with Crippen LogP contribution in [0.15, 0.2) is 23.1 Å². The Kier molecular flexibility index (Phi) is 5.66. The van der Waals surface area contributed by atoms with Gasteiger partial charge >= 0.3 is 0 Å². The highest BCUT2D eigenvalue weighted by Crippen LogP contribution is 2.18. The number of halogens is 2. The Morgan fingerprint density at radius 2 is 2.04 bits per heavy atom. The summed E-state index contributed by atoms with van der Waals surface area (Å²) in [5, 5.41) is 2.60. The van der Waals surface area contributed by atoms with Crippen molar-refractivity contribution in [1.82, 2.24) is 10.0 Å². The van der Waals surface area contributed by atoms with Gasteiger partial charge in [0.2, 0.25) is 15.9 Å². The number of hydrogen-bond acceptors (Lipinski definition) is 4. The van der Waals surface area contributed by atoms with Crippen LogP contribution in [0.3, 0.4) is 0 Å². The summed E-state index contributed by atoms with van der Waals surface area (Å²) in [4.78, 5) is 10.7. The van der Waals surface area contributed by atoms with Gasteiger partial charge in [-0.15, -0.1) is 0 Å². The van der Waals surface area contributed by atoms with Crippen LogP contribution in [-0.2, 0) is 19.6 Å². The zero-order valence-corrected chi connectivity index (χ0v) is 13.3. The highest BCUT2D eigenvalue weighted by molar-refractivity contribution is 7.89. The van der Waals surface area contributed by atoms with Gasteiger partial charge in [-0.2, -0.15) is 0 Å². The molecule has 0 unspecified atom stereocenters. The first-order chi connectivity index (χ1) is 10.8. The van der Waals surface area contributed by atoms with Crippen molar-refractivity contribution in [3.05, 3.63) is 29.8 Å². The summed E-state index contributed by atoms with van der Waals surface area (Å²) in [5.74, 6) is -3.04. The van der Waals surface area contributed by atoms with Crippen LogP contribution in [0.2, 0.25) is 0 Å². The molecule has 2 atom stereocenters. The zero-order chi connectivity index (χ0) is 17.0. The summed E-state index contributed by atoms with van der Waals surface area (Å²) in [6.07, 6.45) is 1.61. The fourth-order valence-electron chi connectivity index (χ4n) is 2.37. The molecular weight excluding hydrogens is 330 g/mol. The molecule has 2 rings (SSSR count). The summed E-state index contributed by atoms with van der Waals surface area (Å²) in [7, 11) is -4.46. The predicted octanol–water partition coefficient (Wildman–Crippen LogP) is 0.927. The van der Waals surface area contributed by atoms with E-state index >= 15 is 0 Å². The van der Waals surface area contributed by atoms with Gasteiger partial charge in [-0.05, 0) is 31.9 Å².